The lowest BCUT2D eigenvalue weighted by Crippen LogP contribution is -2.39. The molecular formula is C26H21F3N4O5S. The summed E-state index contributed by atoms with van der Waals surface area (Å²) < 4.78 is 62.3. The second kappa shape index (κ2) is 9.19. The van der Waals surface area contributed by atoms with Crippen LogP contribution in [0.1, 0.15) is 18.9 Å². The molecule has 3 aromatic rings. The van der Waals surface area contributed by atoms with Gasteiger partial charge < -0.3 is 5.32 Å². The number of urea groups is 1. The van der Waals surface area contributed by atoms with Gasteiger partial charge in [-0.1, -0.05) is 37.3 Å². The summed E-state index contributed by atoms with van der Waals surface area (Å²) in [5.41, 5.74) is -5.66. The average Bonchev–Trinajstić information content (AvgIpc) is 3.50. The topological polar surface area (TPSA) is 117 Å². The van der Waals surface area contributed by atoms with Crippen molar-refractivity contribution in [3.05, 3.63) is 78.6 Å². The number of carbonyl (C=O) groups excluding carboxylic acids is 3. The smallest absolute Gasteiger partial charge is 0.323 e. The number of pyridine rings is 1. The van der Waals surface area contributed by atoms with E-state index in [1.807, 2.05) is 6.07 Å². The molecule has 1 spiro atoms. The molecule has 2 heterocycles. The van der Waals surface area contributed by atoms with Crippen LogP contribution in [0.2, 0.25) is 0 Å². The number of rotatable bonds is 6. The lowest BCUT2D eigenvalue weighted by molar-refractivity contribution is -0.119. The van der Waals surface area contributed by atoms with Crippen molar-refractivity contribution in [1.29, 1.82) is 0 Å². The highest BCUT2D eigenvalue weighted by Gasteiger charge is 2.71. The Morgan fingerprint density at radius 3 is 2.31 bits per heavy atom. The Bertz CT molecular complexity index is 1580. The van der Waals surface area contributed by atoms with Gasteiger partial charge >= 0.3 is 11.5 Å². The number of sulfone groups is 1. The van der Waals surface area contributed by atoms with E-state index in [9.17, 15) is 36.0 Å². The predicted octanol–water partition coefficient (Wildman–Crippen LogP) is 4.31. The number of hydrogen-bond acceptors (Lipinski definition) is 6. The van der Waals surface area contributed by atoms with Crippen LogP contribution in [-0.2, 0) is 25.8 Å². The van der Waals surface area contributed by atoms with Crippen molar-refractivity contribution in [2.45, 2.75) is 35.7 Å². The number of alkyl halides is 3. The van der Waals surface area contributed by atoms with Crippen LogP contribution < -0.4 is 15.1 Å². The van der Waals surface area contributed by atoms with Crippen LogP contribution in [0.25, 0.3) is 0 Å². The molecule has 0 bridgehead atoms. The SMILES string of the molecule is CC1CC12C(=O)N(c1ccc(S(=O)(=O)C(F)(F)F)cc1)C(=O)N2c1ccncc1NC(=O)Cc1ccccc1. The Morgan fingerprint density at radius 1 is 1.08 bits per heavy atom. The van der Waals surface area contributed by atoms with Crippen molar-refractivity contribution in [2.75, 3.05) is 15.1 Å². The highest BCUT2D eigenvalue weighted by molar-refractivity contribution is 7.92. The molecular weight excluding hydrogens is 537 g/mol. The fourth-order valence-electron chi connectivity index (χ4n) is 4.77. The lowest BCUT2D eigenvalue weighted by Gasteiger charge is -2.24. The molecule has 5 rings (SSSR count). The van der Waals surface area contributed by atoms with E-state index in [2.05, 4.69) is 10.3 Å². The number of anilines is 3. The molecule has 1 saturated heterocycles. The van der Waals surface area contributed by atoms with Crippen molar-refractivity contribution in [3.8, 4) is 0 Å². The number of hydrogen-bond donors (Lipinski definition) is 1. The van der Waals surface area contributed by atoms with Crippen molar-refractivity contribution in [2.24, 2.45) is 5.92 Å². The molecule has 9 nitrogen and oxygen atoms in total. The minimum atomic E-state index is -5.60. The Balaban J connectivity index is 1.47. The maximum Gasteiger partial charge on any atom is 0.501 e. The molecule has 1 N–H and O–H groups in total. The predicted molar refractivity (Wildman–Crippen MR) is 135 cm³/mol. The van der Waals surface area contributed by atoms with Crippen LogP contribution in [-0.4, -0.2) is 42.3 Å². The van der Waals surface area contributed by atoms with Crippen LogP contribution >= 0.6 is 0 Å². The zero-order chi connectivity index (χ0) is 28.2. The van der Waals surface area contributed by atoms with E-state index < -0.39 is 37.7 Å². The zero-order valence-electron chi connectivity index (χ0n) is 20.3. The van der Waals surface area contributed by atoms with Crippen molar-refractivity contribution in [3.63, 3.8) is 0 Å². The van der Waals surface area contributed by atoms with Gasteiger partial charge in [0.05, 0.1) is 34.6 Å². The molecule has 4 amide bonds. The summed E-state index contributed by atoms with van der Waals surface area (Å²) in [5.74, 6) is -1.24. The van der Waals surface area contributed by atoms with Gasteiger partial charge in [0, 0.05) is 6.20 Å². The van der Waals surface area contributed by atoms with Crippen LogP contribution in [0, 0.1) is 5.92 Å². The minimum Gasteiger partial charge on any atom is -0.323 e. The molecule has 0 radical (unpaired) electrons. The summed E-state index contributed by atoms with van der Waals surface area (Å²) in [4.78, 5) is 45.1. The number of halogens is 3. The first-order valence-electron chi connectivity index (χ1n) is 11.8. The summed E-state index contributed by atoms with van der Waals surface area (Å²) >= 11 is 0. The summed E-state index contributed by atoms with van der Waals surface area (Å²) in [6.07, 6.45) is 3.13. The molecule has 1 saturated carbocycles. The van der Waals surface area contributed by atoms with Gasteiger partial charge in [-0.15, -0.1) is 0 Å². The van der Waals surface area contributed by atoms with E-state index in [4.69, 9.17) is 0 Å². The van der Waals surface area contributed by atoms with E-state index in [-0.39, 0.29) is 35.3 Å². The molecule has 1 aliphatic heterocycles. The second-order valence-corrected chi connectivity index (χ2v) is 11.3. The highest BCUT2D eigenvalue weighted by atomic mass is 32.2. The summed E-state index contributed by atoms with van der Waals surface area (Å²) in [5, 5.41) is 2.75. The van der Waals surface area contributed by atoms with Crippen molar-refractivity contribution in [1.82, 2.24) is 4.98 Å². The van der Waals surface area contributed by atoms with Gasteiger partial charge in [0.25, 0.3) is 15.7 Å². The summed E-state index contributed by atoms with van der Waals surface area (Å²) in [6.45, 7) is 1.77. The van der Waals surface area contributed by atoms with Crippen LogP contribution in [0.3, 0.4) is 0 Å². The van der Waals surface area contributed by atoms with Crippen LogP contribution in [0.5, 0.6) is 0 Å². The Kier molecular flexibility index (Phi) is 6.21. The van der Waals surface area contributed by atoms with Gasteiger partial charge in [-0.2, -0.15) is 13.2 Å². The second-order valence-electron chi connectivity index (χ2n) is 9.33. The Hall–Kier alpha value is -4.26. The molecule has 1 aromatic heterocycles. The van der Waals surface area contributed by atoms with E-state index in [0.717, 1.165) is 22.6 Å². The van der Waals surface area contributed by atoms with Gasteiger partial charge in [-0.05, 0) is 48.2 Å². The summed E-state index contributed by atoms with van der Waals surface area (Å²) in [7, 11) is -5.60. The minimum absolute atomic E-state index is 0.0584. The third kappa shape index (κ3) is 4.32. The van der Waals surface area contributed by atoms with Gasteiger partial charge in [0.2, 0.25) is 5.91 Å². The molecule has 13 heteroatoms. The quantitative estimate of drug-likeness (QED) is 0.451. The van der Waals surface area contributed by atoms with Crippen molar-refractivity contribution >= 4 is 44.7 Å². The number of amides is 4. The molecule has 2 aliphatic rings. The first-order valence-corrected chi connectivity index (χ1v) is 13.2. The fourth-order valence-corrected chi connectivity index (χ4v) is 5.53. The number of carbonyl (C=O) groups is 3. The lowest BCUT2D eigenvalue weighted by atomic mass is 10.1. The fraction of sp³-hybridized carbons (Fsp3) is 0.231. The van der Waals surface area contributed by atoms with Crippen LogP contribution in [0.15, 0.2) is 78.0 Å². The zero-order valence-corrected chi connectivity index (χ0v) is 21.2. The van der Waals surface area contributed by atoms with E-state index in [0.29, 0.717) is 18.6 Å². The van der Waals surface area contributed by atoms with E-state index in [1.54, 1.807) is 31.2 Å². The number of nitrogens with zero attached hydrogens (tertiary/aromatic N) is 3. The molecule has 2 fully saturated rings. The van der Waals surface area contributed by atoms with E-state index in [1.165, 1.54) is 23.4 Å². The number of nitrogens with one attached hydrogen (secondary N) is 1. The van der Waals surface area contributed by atoms with E-state index >= 15 is 0 Å². The summed E-state index contributed by atoms with van der Waals surface area (Å²) in [6, 6.07) is 13.0. The molecule has 2 aromatic carbocycles. The monoisotopic (exact) mass is 558 g/mol. The van der Waals surface area contributed by atoms with Gasteiger partial charge in [0.1, 0.15) is 5.54 Å². The Labute approximate surface area is 221 Å². The van der Waals surface area contributed by atoms with Gasteiger partial charge in [-0.3, -0.25) is 19.5 Å². The normalized spacial score (nSPS) is 21.0. The standard InChI is InChI=1S/C26H21F3N4O5S/c1-16-14-25(16)23(35)32(18-7-9-19(10-8-18)39(37,38)26(27,28)29)24(36)33(25)21-11-12-30-15-20(21)31-22(34)13-17-5-3-2-4-6-17/h2-12,15-16H,13-14H2,1H3,(H,31,34). The molecule has 2 atom stereocenters. The average molecular weight is 559 g/mol. The first kappa shape index (κ1) is 26.4. The highest BCUT2D eigenvalue weighted by Crippen LogP contribution is 2.56. The molecule has 2 unspecified atom stereocenters. The number of aromatic nitrogens is 1. The van der Waals surface area contributed by atoms with Gasteiger partial charge in [0.15, 0.2) is 0 Å². The largest absolute Gasteiger partial charge is 0.501 e. The third-order valence-corrected chi connectivity index (χ3v) is 8.36. The third-order valence-electron chi connectivity index (χ3n) is 6.86. The molecule has 1 aliphatic carbocycles. The number of imide groups is 1. The number of benzene rings is 2. The van der Waals surface area contributed by atoms with Crippen LogP contribution in [0.4, 0.5) is 35.0 Å². The first-order chi connectivity index (χ1) is 18.4. The maximum absolute atomic E-state index is 13.7. The molecule has 202 valence electrons. The maximum atomic E-state index is 13.7. The molecule has 39 heavy (non-hydrogen) atoms. The Morgan fingerprint density at radius 2 is 1.72 bits per heavy atom. The van der Waals surface area contributed by atoms with Crippen molar-refractivity contribution < 1.29 is 36.0 Å². The van der Waals surface area contributed by atoms with Gasteiger partial charge in [-0.25, -0.2) is 18.1 Å².